The summed E-state index contributed by atoms with van der Waals surface area (Å²) in [6.07, 6.45) is 0.160. The minimum Gasteiger partial charge on any atom is -0.493 e. The van der Waals surface area contributed by atoms with Gasteiger partial charge in [0.2, 0.25) is 0 Å². The first-order chi connectivity index (χ1) is 9.19. The molecular weight excluding hydrogens is 240 g/mol. The predicted molar refractivity (Wildman–Crippen MR) is 76.9 cm³/mol. The normalized spacial score (nSPS) is 16.6. The van der Waals surface area contributed by atoms with E-state index in [0.717, 1.165) is 44.2 Å². The van der Waals surface area contributed by atoms with Gasteiger partial charge in [-0.05, 0) is 31.5 Å². The van der Waals surface area contributed by atoms with Crippen molar-refractivity contribution in [3.8, 4) is 11.5 Å². The molecule has 0 saturated carbocycles. The zero-order chi connectivity index (χ0) is 13.7. The second-order valence-corrected chi connectivity index (χ2v) is 5.18. The van der Waals surface area contributed by atoms with Crippen LogP contribution < -0.4 is 14.8 Å². The molecule has 0 atom stereocenters. The van der Waals surface area contributed by atoms with Crippen molar-refractivity contribution >= 4 is 0 Å². The first-order valence-electron chi connectivity index (χ1n) is 6.95. The average molecular weight is 264 g/mol. The van der Waals surface area contributed by atoms with E-state index in [9.17, 15) is 0 Å². The Labute approximate surface area is 115 Å². The van der Waals surface area contributed by atoms with Crippen LogP contribution in [0.4, 0.5) is 0 Å². The van der Waals surface area contributed by atoms with Crippen LogP contribution in [0.15, 0.2) is 18.2 Å². The van der Waals surface area contributed by atoms with Gasteiger partial charge in [0.1, 0.15) is 0 Å². The Morgan fingerprint density at radius 2 is 1.95 bits per heavy atom. The minimum absolute atomic E-state index is 0.160. The lowest BCUT2D eigenvalue weighted by Gasteiger charge is -2.27. The molecule has 1 fully saturated rings. The summed E-state index contributed by atoms with van der Waals surface area (Å²) in [5, 5.41) is 3.37. The van der Waals surface area contributed by atoms with Gasteiger partial charge in [-0.2, -0.15) is 0 Å². The number of piperazine rings is 1. The summed E-state index contributed by atoms with van der Waals surface area (Å²) in [6.45, 7) is 9.37. The van der Waals surface area contributed by atoms with E-state index >= 15 is 0 Å². The lowest BCUT2D eigenvalue weighted by Crippen LogP contribution is -2.42. The molecule has 4 heteroatoms. The third-order valence-electron chi connectivity index (χ3n) is 3.21. The van der Waals surface area contributed by atoms with E-state index in [2.05, 4.69) is 22.3 Å². The average Bonchev–Trinajstić information content (AvgIpc) is 2.41. The third-order valence-corrected chi connectivity index (χ3v) is 3.21. The number of hydrogen-bond donors (Lipinski definition) is 1. The summed E-state index contributed by atoms with van der Waals surface area (Å²) >= 11 is 0. The lowest BCUT2D eigenvalue weighted by molar-refractivity contribution is 0.226. The number of nitrogens with zero attached hydrogens (tertiary/aromatic N) is 1. The van der Waals surface area contributed by atoms with E-state index < -0.39 is 0 Å². The van der Waals surface area contributed by atoms with Gasteiger partial charge in [0.05, 0.1) is 13.2 Å². The Hall–Kier alpha value is -1.26. The smallest absolute Gasteiger partial charge is 0.161 e. The Kier molecular flexibility index (Phi) is 5.05. The Balaban J connectivity index is 2.05. The molecule has 19 heavy (non-hydrogen) atoms. The molecule has 0 aliphatic carbocycles. The number of benzene rings is 1. The molecule has 1 aliphatic rings. The summed E-state index contributed by atoms with van der Waals surface area (Å²) in [4.78, 5) is 2.45. The van der Waals surface area contributed by atoms with Gasteiger partial charge in [-0.15, -0.1) is 0 Å². The number of ether oxygens (including phenoxy) is 2. The molecule has 1 N–H and O–H groups in total. The maximum atomic E-state index is 5.73. The highest BCUT2D eigenvalue weighted by molar-refractivity contribution is 5.43. The number of nitrogens with one attached hydrogen (secondary N) is 1. The second kappa shape index (κ2) is 6.78. The van der Waals surface area contributed by atoms with Gasteiger partial charge in [-0.1, -0.05) is 6.07 Å². The van der Waals surface area contributed by atoms with Gasteiger partial charge in [0, 0.05) is 32.7 Å². The van der Waals surface area contributed by atoms with E-state index in [1.54, 1.807) is 7.11 Å². The molecule has 0 unspecified atom stereocenters. The molecule has 1 aromatic rings. The predicted octanol–water partition coefficient (Wildman–Crippen LogP) is 1.89. The molecule has 0 aromatic heterocycles. The van der Waals surface area contributed by atoms with Crippen molar-refractivity contribution in [1.82, 2.24) is 10.2 Å². The lowest BCUT2D eigenvalue weighted by atomic mass is 10.1. The second-order valence-electron chi connectivity index (χ2n) is 5.18. The first-order valence-corrected chi connectivity index (χ1v) is 6.95. The zero-order valence-electron chi connectivity index (χ0n) is 12.1. The summed E-state index contributed by atoms with van der Waals surface area (Å²) in [6, 6.07) is 6.22. The van der Waals surface area contributed by atoms with E-state index in [1.165, 1.54) is 5.56 Å². The van der Waals surface area contributed by atoms with Crippen molar-refractivity contribution in [3.05, 3.63) is 23.8 Å². The summed E-state index contributed by atoms with van der Waals surface area (Å²) in [5.74, 6) is 1.64. The summed E-state index contributed by atoms with van der Waals surface area (Å²) in [7, 11) is 1.69. The van der Waals surface area contributed by atoms with Crippen molar-refractivity contribution in [1.29, 1.82) is 0 Å². The van der Waals surface area contributed by atoms with Crippen LogP contribution in [0, 0.1) is 0 Å². The molecule has 1 aliphatic heterocycles. The molecule has 1 saturated heterocycles. The molecule has 4 nitrogen and oxygen atoms in total. The van der Waals surface area contributed by atoms with Crippen LogP contribution in [0.25, 0.3) is 0 Å². The quantitative estimate of drug-likeness (QED) is 0.880. The maximum Gasteiger partial charge on any atom is 0.161 e. The SMILES string of the molecule is COc1cc(CN2CCNCC2)ccc1OC(C)C. The minimum atomic E-state index is 0.160. The van der Waals surface area contributed by atoms with Gasteiger partial charge in [-0.25, -0.2) is 0 Å². The molecule has 0 bridgehead atoms. The highest BCUT2D eigenvalue weighted by Crippen LogP contribution is 2.29. The Morgan fingerprint density at radius 3 is 2.58 bits per heavy atom. The zero-order valence-corrected chi connectivity index (χ0v) is 12.1. The van der Waals surface area contributed by atoms with Gasteiger partial charge < -0.3 is 14.8 Å². The largest absolute Gasteiger partial charge is 0.493 e. The summed E-state index contributed by atoms with van der Waals surface area (Å²) < 4.78 is 11.2. The van der Waals surface area contributed by atoms with Crippen molar-refractivity contribution in [2.75, 3.05) is 33.3 Å². The number of methoxy groups -OCH3 is 1. The van der Waals surface area contributed by atoms with Gasteiger partial charge in [0.25, 0.3) is 0 Å². The van der Waals surface area contributed by atoms with Crippen LogP contribution >= 0.6 is 0 Å². The molecular formula is C15H24N2O2. The maximum absolute atomic E-state index is 5.73. The monoisotopic (exact) mass is 264 g/mol. The standard InChI is InChI=1S/C15H24N2O2/c1-12(2)19-14-5-4-13(10-15(14)18-3)11-17-8-6-16-7-9-17/h4-5,10,12,16H,6-9,11H2,1-3H3. The van der Waals surface area contributed by atoms with Crippen molar-refractivity contribution in [3.63, 3.8) is 0 Å². The van der Waals surface area contributed by atoms with Crippen molar-refractivity contribution in [2.24, 2.45) is 0 Å². The van der Waals surface area contributed by atoms with E-state index in [4.69, 9.17) is 9.47 Å². The number of rotatable bonds is 5. The van der Waals surface area contributed by atoms with E-state index in [0.29, 0.717) is 0 Å². The Morgan fingerprint density at radius 1 is 1.21 bits per heavy atom. The molecule has 106 valence electrons. The number of hydrogen-bond acceptors (Lipinski definition) is 4. The van der Waals surface area contributed by atoms with Crippen LogP contribution in [-0.4, -0.2) is 44.3 Å². The molecule has 1 heterocycles. The van der Waals surface area contributed by atoms with Crippen LogP contribution in [0.2, 0.25) is 0 Å². The van der Waals surface area contributed by atoms with Crippen LogP contribution in [0.5, 0.6) is 11.5 Å². The fourth-order valence-electron chi connectivity index (χ4n) is 2.29. The molecule has 0 radical (unpaired) electrons. The summed E-state index contributed by atoms with van der Waals surface area (Å²) in [5.41, 5.74) is 1.27. The topological polar surface area (TPSA) is 33.7 Å². The van der Waals surface area contributed by atoms with Crippen molar-refractivity contribution < 1.29 is 9.47 Å². The third kappa shape index (κ3) is 4.11. The highest BCUT2D eigenvalue weighted by atomic mass is 16.5. The van der Waals surface area contributed by atoms with Gasteiger partial charge in [-0.3, -0.25) is 4.90 Å². The van der Waals surface area contributed by atoms with E-state index in [1.807, 2.05) is 19.9 Å². The first kappa shape index (κ1) is 14.2. The highest BCUT2D eigenvalue weighted by Gasteiger charge is 2.12. The van der Waals surface area contributed by atoms with Crippen LogP contribution in [0.1, 0.15) is 19.4 Å². The van der Waals surface area contributed by atoms with Crippen molar-refractivity contribution in [2.45, 2.75) is 26.5 Å². The van der Waals surface area contributed by atoms with Crippen LogP contribution in [0.3, 0.4) is 0 Å². The Bertz CT molecular complexity index is 401. The van der Waals surface area contributed by atoms with Gasteiger partial charge in [0.15, 0.2) is 11.5 Å². The van der Waals surface area contributed by atoms with Gasteiger partial charge >= 0.3 is 0 Å². The fourth-order valence-corrected chi connectivity index (χ4v) is 2.29. The molecule has 0 spiro atoms. The van der Waals surface area contributed by atoms with E-state index in [-0.39, 0.29) is 6.10 Å². The molecule has 0 amide bonds. The molecule has 2 rings (SSSR count). The van der Waals surface area contributed by atoms with Crippen LogP contribution in [-0.2, 0) is 6.54 Å². The fraction of sp³-hybridized carbons (Fsp3) is 0.600. The molecule has 1 aromatic carbocycles.